The molecule has 7 nitrogen and oxygen atoms in total. The number of pyridine rings is 1. The Hall–Kier alpha value is -3.48. The van der Waals surface area contributed by atoms with Crippen molar-refractivity contribution in [3.63, 3.8) is 0 Å². The molecule has 164 valence electrons. The second-order valence-electron chi connectivity index (χ2n) is 8.87. The van der Waals surface area contributed by atoms with Crippen LogP contribution in [0.5, 0.6) is 0 Å². The fraction of sp³-hybridized carbons (Fsp3) is 0.360. The van der Waals surface area contributed by atoms with Gasteiger partial charge in [0.05, 0.1) is 12.2 Å². The number of carbonyl (C=O) groups excluding carboxylic acids is 1. The van der Waals surface area contributed by atoms with E-state index in [0.29, 0.717) is 30.4 Å². The molecule has 1 aromatic carbocycles. The lowest BCUT2D eigenvalue weighted by Gasteiger charge is -2.20. The van der Waals surface area contributed by atoms with Crippen molar-refractivity contribution in [3.05, 3.63) is 76.7 Å². The van der Waals surface area contributed by atoms with Crippen LogP contribution in [0.2, 0.25) is 0 Å². The Morgan fingerprint density at radius 2 is 1.91 bits per heavy atom. The van der Waals surface area contributed by atoms with Gasteiger partial charge in [-0.15, -0.1) is 0 Å². The van der Waals surface area contributed by atoms with Gasteiger partial charge in [-0.2, -0.15) is 4.98 Å². The van der Waals surface area contributed by atoms with Gasteiger partial charge in [-0.3, -0.25) is 9.78 Å². The van der Waals surface area contributed by atoms with Gasteiger partial charge in [0.2, 0.25) is 5.95 Å². The molecule has 2 unspecified atom stereocenters. The number of carbonyl (C=O) groups is 1. The van der Waals surface area contributed by atoms with Crippen LogP contribution in [-0.2, 0) is 13.1 Å². The van der Waals surface area contributed by atoms with Crippen molar-refractivity contribution in [1.82, 2.24) is 20.3 Å². The van der Waals surface area contributed by atoms with E-state index in [0.717, 1.165) is 36.2 Å². The van der Waals surface area contributed by atoms with Gasteiger partial charge in [0.1, 0.15) is 11.4 Å². The Kier molecular flexibility index (Phi) is 5.47. The number of anilines is 2. The molecule has 1 amide bonds. The highest BCUT2D eigenvalue weighted by atomic mass is 16.1. The monoisotopic (exact) mass is 428 g/mol. The summed E-state index contributed by atoms with van der Waals surface area (Å²) in [7, 11) is 0. The summed E-state index contributed by atoms with van der Waals surface area (Å²) < 4.78 is 0. The van der Waals surface area contributed by atoms with Gasteiger partial charge >= 0.3 is 0 Å². The minimum atomic E-state index is -0.214. The molecule has 3 heterocycles. The molecule has 2 aromatic heterocycles. The summed E-state index contributed by atoms with van der Waals surface area (Å²) in [5, 5.41) is 6.33. The summed E-state index contributed by atoms with van der Waals surface area (Å²) in [6.45, 7) is 7.17. The maximum absolute atomic E-state index is 13.0. The molecule has 2 fully saturated rings. The molecule has 1 aliphatic heterocycles. The Morgan fingerprint density at radius 1 is 1.06 bits per heavy atom. The van der Waals surface area contributed by atoms with Crippen molar-refractivity contribution in [1.29, 1.82) is 0 Å². The summed E-state index contributed by atoms with van der Waals surface area (Å²) in [6.07, 6.45) is 4.68. The van der Waals surface area contributed by atoms with Crippen molar-refractivity contribution < 1.29 is 4.79 Å². The van der Waals surface area contributed by atoms with E-state index in [-0.39, 0.29) is 5.91 Å². The minimum Gasteiger partial charge on any atom is -0.365 e. The van der Waals surface area contributed by atoms with Crippen LogP contribution in [0.3, 0.4) is 0 Å². The predicted molar refractivity (Wildman–Crippen MR) is 124 cm³/mol. The van der Waals surface area contributed by atoms with Crippen LogP contribution in [0.4, 0.5) is 11.8 Å². The maximum atomic E-state index is 13.0. The van der Waals surface area contributed by atoms with Crippen molar-refractivity contribution in [2.75, 3.05) is 23.3 Å². The van der Waals surface area contributed by atoms with Crippen molar-refractivity contribution in [2.24, 2.45) is 11.8 Å². The van der Waals surface area contributed by atoms with Gasteiger partial charge in [-0.05, 0) is 60.9 Å². The number of rotatable bonds is 7. The van der Waals surface area contributed by atoms with Crippen LogP contribution in [0.15, 0.2) is 48.8 Å². The van der Waals surface area contributed by atoms with E-state index in [1.54, 1.807) is 12.4 Å². The Balaban J connectivity index is 1.35. The first-order chi connectivity index (χ1) is 15.6. The number of aromatic nitrogens is 3. The van der Waals surface area contributed by atoms with Crippen LogP contribution in [0.1, 0.15) is 39.2 Å². The summed E-state index contributed by atoms with van der Waals surface area (Å²) in [5.41, 5.74) is 4.91. The molecular weight excluding hydrogens is 400 g/mol. The number of hydrogen-bond acceptors (Lipinski definition) is 6. The highest BCUT2D eigenvalue weighted by molar-refractivity contribution is 5.98. The number of hydrogen-bond donors (Lipinski definition) is 2. The molecule has 5 rings (SSSR count). The van der Waals surface area contributed by atoms with Crippen LogP contribution in [0, 0.1) is 25.7 Å². The van der Waals surface area contributed by atoms with E-state index in [2.05, 4.69) is 57.5 Å². The predicted octanol–water partition coefficient (Wildman–Crippen LogP) is 3.49. The Labute approximate surface area is 188 Å². The first-order valence-corrected chi connectivity index (χ1v) is 11.2. The number of nitrogens with zero attached hydrogens (tertiary/aromatic N) is 4. The molecule has 2 aliphatic rings. The van der Waals surface area contributed by atoms with E-state index < -0.39 is 0 Å². The van der Waals surface area contributed by atoms with Gasteiger partial charge in [-0.1, -0.05) is 24.3 Å². The Morgan fingerprint density at radius 3 is 2.66 bits per heavy atom. The van der Waals surface area contributed by atoms with E-state index >= 15 is 0 Å². The number of fused-ring (bicyclic) bond motifs is 1. The standard InChI is InChI=1S/C25H28N6O/c1-16-6-7-18(9-17(16)2)11-27-23-22(24(32)28-12-21-5-3-4-8-26-21)13-29-25(30-23)31-14-19-10-20(19)15-31/h3-9,13,19-20H,10-12,14-15H2,1-2H3,(H,28,32)(H,27,29,30). The van der Waals surface area contributed by atoms with E-state index in [1.807, 2.05) is 18.2 Å². The Bertz CT molecular complexity index is 1120. The van der Waals surface area contributed by atoms with Crippen molar-refractivity contribution in [3.8, 4) is 0 Å². The molecule has 0 radical (unpaired) electrons. The second kappa shape index (κ2) is 8.57. The largest absolute Gasteiger partial charge is 0.365 e. The van der Waals surface area contributed by atoms with Crippen LogP contribution >= 0.6 is 0 Å². The molecular formula is C25H28N6O. The zero-order valence-corrected chi connectivity index (χ0v) is 18.5. The zero-order chi connectivity index (χ0) is 22.1. The molecule has 3 aromatic rings. The summed E-state index contributed by atoms with van der Waals surface area (Å²) in [5.74, 6) is 2.61. The number of amides is 1. The molecule has 1 saturated heterocycles. The van der Waals surface area contributed by atoms with Gasteiger partial charge in [0.15, 0.2) is 0 Å². The maximum Gasteiger partial charge on any atom is 0.256 e. The van der Waals surface area contributed by atoms with E-state index in [1.165, 1.54) is 17.5 Å². The highest BCUT2D eigenvalue weighted by Crippen LogP contribution is 2.45. The average Bonchev–Trinajstić information content (AvgIpc) is 3.43. The smallest absolute Gasteiger partial charge is 0.256 e. The summed E-state index contributed by atoms with van der Waals surface area (Å²) in [4.78, 5) is 28.8. The lowest BCUT2D eigenvalue weighted by molar-refractivity contribution is 0.0950. The quantitative estimate of drug-likeness (QED) is 0.599. The van der Waals surface area contributed by atoms with E-state index in [9.17, 15) is 4.79 Å². The van der Waals surface area contributed by atoms with Crippen LogP contribution in [-0.4, -0.2) is 33.9 Å². The SMILES string of the molecule is Cc1ccc(CNc2nc(N3CC4CC4C3)ncc2C(=O)NCc2ccccn2)cc1C. The normalized spacial score (nSPS) is 18.9. The first-order valence-electron chi connectivity index (χ1n) is 11.2. The van der Waals surface area contributed by atoms with Gasteiger partial charge in [-0.25, -0.2) is 4.98 Å². The second-order valence-corrected chi connectivity index (χ2v) is 8.87. The zero-order valence-electron chi connectivity index (χ0n) is 18.5. The average molecular weight is 429 g/mol. The molecule has 0 spiro atoms. The number of piperidine rings is 1. The number of benzene rings is 1. The highest BCUT2D eigenvalue weighted by Gasteiger charge is 2.45. The third-order valence-electron chi connectivity index (χ3n) is 6.47. The molecule has 2 atom stereocenters. The third kappa shape index (κ3) is 4.42. The number of aryl methyl sites for hydroxylation is 2. The van der Waals surface area contributed by atoms with Gasteiger partial charge < -0.3 is 15.5 Å². The minimum absolute atomic E-state index is 0.214. The van der Waals surface area contributed by atoms with Gasteiger partial charge in [0, 0.05) is 32.0 Å². The molecule has 7 heteroatoms. The summed E-state index contributed by atoms with van der Waals surface area (Å²) >= 11 is 0. The first kappa shape index (κ1) is 20.4. The van der Waals surface area contributed by atoms with Crippen molar-refractivity contribution in [2.45, 2.75) is 33.4 Å². The van der Waals surface area contributed by atoms with Gasteiger partial charge in [0.25, 0.3) is 5.91 Å². The van der Waals surface area contributed by atoms with Crippen LogP contribution < -0.4 is 15.5 Å². The number of nitrogens with one attached hydrogen (secondary N) is 2. The lowest BCUT2D eigenvalue weighted by Crippen LogP contribution is -2.27. The fourth-order valence-corrected chi connectivity index (χ4v) is 4.26. The van der Waals surface area contributed by atoms with Crippen molar-refractivity contribution >= 4 is 17.7 Å². The topological polar surface area (TPSA) is 83.0 Å². The fourth-order valence-electron chi connectivity index (χ4n) is 4.26. The molecule has 32 heavy (non-hydrogen) atoms. The molecule has 1 aliphatic carbocycles. The summed E-state index contributed by atoms with van der Waals surface area (Å²) in [6, 6.07) is 12.0. The molecule has 0 bridgehead atoms. The molecule has 2 N–H and O–H groups in total. The molecule has 1 saturated carbocycles. The van der Waals surface area contributed by atoms with E-state index in [4.69, 9.17) is 4.98 Å². The lowest BCUT2D eigenvalue weighted by atomic mass is 10.1. The van der Waals surface area contributed by atoms with Crippen LogP contribution in [0.25, 0.3) is 0 Å². The third-order valence-corrected chi connectivity index (χ3v) is 6.47.